The van der Waals surface area contributed by atoms with Crippen molar-refractivity contribution in [1.29, 1.82) is 0 Å². The Kier molecular flexibility index (Phi) is 5.22. The van der Waals surface area contributed by atoms with Gasteiger partial charge in [0.15, 0.2) is 11.6 Å². The first-order chi connectivity index (χ1) is 8.06. The molecule has 0 aliphatic rings. The Bertz CT molecular complexity index is 391. The zero-order valence-electron chi connectivity index (χ0n) is 10.0. The van der Waals surface area contributed by atoms with E-state index in [1.54, 1.807) is 14.0 Å². The number of Topliss-reactive ketones (excluding diaryl/α,β-unsaturated/α-hetero) is 1. The van der Waals surface area contributed by atoms with Crippen molar-refractivity contribution in [3.8, 4) is 0 Å². The number of hydrogen-bond acceptors (Lipinski definition) is 2. The van der Waals surface area contributed by atoms with Crippen LogP contribution in [0.3, 0.4) is 0 Å². The second-order valence-corrected chi connectivity index (χ2v) is 4.04. The highest BCUT2D eigenvalue weighted by molar-refractivity contribution is 5.82. The maximum Gasteiger partial charge on any atom is 0.162 e. The zero-order chi connectivity index (χ0) is 12.8. The van der Waals surface area contributed by atoms with Gasteiger partial charge < -0.3 is 4.74 Å². The van der Waals surface area contributed by atoms with E-state index in [-0.39, 0.29) is 23.7 Å². The molecule has 94 valence electrons. The first-order valence-electron chi connectivity index (χ1n) is 5.50. The van der Waals surface area contributed by atoms with Crippen LogP contribution in [0.1, 0.15) is 18.9 Å². The largest absolute Gasteiger partial charge is 0.385 e. The fourth-order valence-electron chi connectivity index (χ4n) is 1.50. The van der Waals surface area contributed by atoms with Crippen LogP contribution in [0.2, 0.25) is 0 Å². The number of carbonyl (C=O) groups excluding carboxylic acids is 1. The van der Waals surface area contributed by atoms with E-state index in [1.165, 1.54) is 12.1 Å². The molecule has 0 aliphatic carbocycles. The van der Waals surface area contributed by atoms with Gasteiger partial charge in [0.25, 0.3) is 0 Å². The number of rotatable bonds is 6. The van der Waals surface area contributed by atoms with E-state index in [0.29, 0.717) is 13.0 Å². The number of hydrogen-bond donors (Lipinski definition) is 0. The van der Waals surface area contributed by atoms with Crippen LogP contribution in [0.4, 0.5) is 8.78 Å². The molecule has 0 aliphatic heterocycles. The topological polar surface area (TPSA) is 26.3 Å². The highest BCUT2D eigenvalue weighted by Crippen LogP contribution is 2.15. The summed E-state index contributed by atoms with van der Waals surface area (Å²) in [6, 6.07) is 3.87. The van der Waals surface area contributed by atoms with Crippen LogP contribution in [-0.2, 0) is 16.0 Å². The third-order valence-corrected chi connectivity index (χ3v) is 2.70. The summed E-state index contributed by atoms with van der Waals surface area (Å²) in [7, 11) is 1.56. The highest BCUT2D eigenvalue weighted by Gasteiger charge is 2.16. The van der Waals surface area contributed by atoms with E-state index in [1.807, 2.05) is 0 Å². The summed E-state index contributed by atoms with van der Waals surface area (Å²) < 4.78 is 31.1. The van der Waals surface area contributed by atoms with E-state index in [2.05, 4.69) is 0 Å². The molecule has 17 heavy (non-hydrogen) atoms. The molecule has 0 heterocycles. The molecule has 0 saturated heterocycles. The van der Waals surface area contributed by atoms with Crippen molar-refractivity contribution < 1.29 is 18.3 Å². The molecule has 1 atom stereocenters. The van der Waals surface area contributed by atoms with Crippen molar-refractivity contribution in [1.82, 2.24) is 0 Å². The van der Waals surface area contributed by atoms with Gasteiger partial charge in [-0.2, -0.15) is 0 Å². The minimum absolute atomic E-state index is 0.0749. The lowest BCUT2D eigenvalue weighted by Crippen LogP contribution is -2.16. The standard InChI is InChI=1S/C13H16F2O2/c1-9(6-7-17-2)12(16)8-10-4-3-5-11(14)13(10)15/h3-5,9H,6-8H2,1-2H3. The summed E-state index contributed by atoms with van der Waals surface area (Å²) in [6.45, 7) is 2.25. The van der Waals surface area contributed by atoms with E-state index in [9.17, 15) is 13.6 Å². The van der Waals surface area contributed by atoms with Crippen molar-refractivity contribution in [2.75, 3.05) is 13.7 Å². The second-order valence-electron chi connectivity index (χ2n) is 4.04. The minimum atomic E-state index is -0.931. The molecule has 0 bridgehead atoms. The Morgan fingerprint density at radius 2 is 2.12 bits per heavy atom. The lowest BCUT2D eigenvalue weighted by molar-refractivity contribution is -0.122. The molecular weight excluding hydrogens is 226 g/mol. The number of ether oxygens (including phenoxy) is 1. The SMILES string of the molecule is COCCC(C)C(=O)Cc1cccc(F)c1F. The van der Waals surface area contributed by atoms with Gasteiger partial charge >= 0.3 is 0 Å². The molecule has 0 amide bonds. The Balaban J connectivity index is 2.64. The molecule has 0 aromatic heterocycles. The first-order valence-corrected chi connectivity index (χ1v) is 5.50. The van der Waals surface area contributed by atoms with Crippen LogP contribution in [0.5, 0.6) is 0 Å². The van der Waals surface area contributed by atoms with Gasteiger partial charge in [-0.05, 0) is 18.1 Å². The lowest BCUT2D eigenvalue weighted by atomic mass is 9.97. The number of methoxy groups -OCH3 is 1. The first kappa shape index (κ1) is 13.8. The fourth-order valence-corrected chi connectivity index (χ4v) is 1.50. The number of carbonyl (C=O) groups is 1. The van der Waals surface area contributed by atoms with E-state index >= 15 is 0 Å². The Morgan fingerprint density at radius 1 is 1.41 bits per heavy atom. The summed E-state index contributed by atoms with van der Waals surface area (Å²) in [6.07, 6.45) is 0.515. The average molecular weight is 242 g/mol. The lowest BCUT2D eigenvalue weighted by Gasteiger charge is -2.10. The van der Waals surface area contributed by atoms with Crippen LogP contribution < -0.4 is 0 Å². The van der Waals surface area contributed by atoms with Gasteiger partial charge in [-0.15, -0.1) is 0 Å². The Morgan fingerprint density at radius 3 is 2.76 bits per heavy atom. The van der Waals surface area contributed by atoms with Gasteiger partial charge in [0, 0.05) is 26.1 Å². The molecule has 0 spiro atoms. The van der Waals surface area contributed by atoms with Gasteiger partial charge in [-0.25, -0.2) is 8.78 Å². The van der Waals surface area contributed by atoms with Crippen LogP contribution in [0.25, 0.3) is 0 Å². The molecule has 0 saturated carbocycles. The zero-order valence-corrected chi connectivity index (χ0v) is 10.0. The van der Waals surface area contributed by atoms with Gasteiger partial charge in [0.1, 0.15) is 5.78 Å². The monoisotopic (exact) mass is 242 g/mol. The maximum atomic E-state index is 13.3. The fraction of sp³-hybridized carbons (Fsp3) is 0.462. The van der Waals surface area contributed by atoms with Crippen molar-refractivity contribution in [3.63, 3.8) is 0 Å². The summed E-state index contributed by atoms with van der Waals surface area (Å²) in [5.74, 6) is -2.16. The molecule has 0 fully saturated rings. The Hall–Kier alpha value is -1.29. The third-order valence-electron chi connectivity index (χ3n) is 2.70. The molecule has 0 N–H and O–H groups in total. The molecule has 1 aromatic carbocycles. The summed E-state index contributed by atoms with van der Waals surface area (Å²) in [5, 5.41) is 0. The van der Waals surface area contributed by atoms with Crippen molar-refractivity contribution >= 4 is 5.78 Å². The molecule has 0 radical (unpaired) electrons. The van der Waals surface area contributed by atoms with Crippen molar-refractivity contribution in [2.24, 2.45) is 5.92 Å². The van der Waals surface area contributed by atoms with Gasteiger partial charge in [-0.3, -0.25) is 4.79 Å². The van der Waals surface area contributed by atoms with Gasteiger partial charge in [-0.1, -0.05) is 19.1 Å². The van der Waals surface area contributed by atoms with Crippen molar-refractivity contribution in [3.05, 3.63) is 35.4 Å². The summed E-state index contributed by atoms with van der Waals surface area (Å²) in [5.41, 5.74) is 0.110. The predicted octanol–water partition coefficient (Wildman–Crippen LogP) is 2.75. The van der Waals surface area contributed by atoms with E-state index in [0.717, 1.165) is 6.07 Å². The van der Waals surface area contributed by atoms with Gasteiger partial charge in [0.2, 0.25) is 0 Å². The smallest absolute Gasteiger partial charge is 0.162 e. The van der Waals surface area contributed by atoms with E-state index < -0.39 is 11.6 Å². The van der Waals surface area contributed by atoms with Gasteiger partial charge in [0.05, 0.1) is 0 Å². The summed E-state index contributed by atoms with van der Waals surface area (Å²) in [4.78, 5) is 11.7. The second kappa shape index (κ2) is 6.45. The van der Waals surface area contributed by atoms with Crippen LogP contribution in [-0.4, -0.2) is 19.5 Å². The predicted molar refractivity (Wildman–Crippen MR) is 60.7 cm³/mol. The van der Waals surface area contributed by atoms with Crippen LogP contribution >= 0.6 is 0 Å². The minimum Gasteiger partial charge on any atom is -0.385 e. The quantitative estimate of drug-likeness (QED) is 0.766. The van der Waals surface area contributed by atoms with Crippen LogP contribution in [0, 0.1) is 17.6 Å². The molecule has 1 rings (SSSR count). The molecule has 1 aromatic rings. The number of halogens is 2. The maximum absolute atomic E-state index is 13.3. The van der Waals surface area contributed by atoms with Crippen molar-refractivity contribution in [2.45, 2.75) is 19.8 Å². The normalized spacial score (nSPS) is 12.5. The molecule has 2 nitrogen and oxygen atoms in total. The number of ketones is 1. The van der Waals surface area contributed by atoms with E-state index in [4.69, 9.17) is 4.74 Å². The number of benzene rings is 1. The third kappa shape index (κ3) is 3.89. The highest BCUT2D eigenvalue weighted by atomic mass is 19.2. The Labute approximate surface area is 99.6 Å². The summed E-state index contributed by atoms with van der Waals surface area (Å²) >= 11 is 0. The average Bonchev–Trinajstić information content (AvgIpc) is 2.31. The molecular formula is C13H16F2O2. The molecule has 4 heteroatoms. The molecule has 1 unspecified atom stereocenters. The van der Waals surface area contributed by atoms with Crippen LogP contribution in [0.15, 0.2) is 18.2 Å².